The minimum absolute atomic E-state index is 0.0313. The van der Waals surface area contributed by atoms with E-state index in [2.05, 4.69) is 0 Å². The van der Waals surface area contributed by atoms with Crippen molar-refractivity contribution in [2.24, 2.45) is 0 Å². The van der Waals surface area contributed by atoms with Gasteiger partial charge < -0.3 is 14.6 Å². The quantitative estimate of drug-likeness (QED) is 0.883. The number of aliphatic hydroxyl groups excluding tert-OH is 1. The lowest BCUT2D eigenvalue weighted by Gasteiger charge is -2.06. The standard InChI is InChI=1S/C12H9F3O4/c1-5-9(10(16)11(17)18)7-3-2-6(12(13,14)15)4-8(7)19-5/h2-4,10,16H,1H3,(H,17,18). The van der Waals surface area contributed by atoms with Gasteiger partial charge in [0.25, 0.3) is 0 Å². The second-order valence-electron chi connectivity index (χ2n) is 4.02. The summed E-state index contributed by atoms with van der Waals surface area (Å²) >= 11 is 0. The molecule has 1 aromatic heterocycles. The number of furan rings is 1. The molecule has 19 heavy (non-hydrogen) atoms. The Morgan fingerprint density at radius 2 is 2.00 bits per heavy atom. The van der Waals surface area contributed by atoms with Gasteiger partial charge in [-0.15, -0.1) is 0 Å². The van der Waals surface area contributed by atoms with E-state index < -0.39 is 23.8 Å². The van der Waals surface area contributed by atoms with Gasteiger partial charge in [-0.25, -0.2) is 4.79 Å². The van der Waals surface area contributed by atoms with Crippen molar-refractivity contribution < 1.29 is 32.6 Å². The number of aliphatic hydroxyl groups is 1. The van der Waals surface area contributed by atoms with Crippen LogP contribution in [0, 0.1) is 6.92 Å². The predicted octanol–water partition coefficient (Wildman–Crippen LogP) is 2.88. The molecule has 0 radical (unpaired) electrons. The third-order valence-electron chi connectivity index (χ3n) is 2.75. The molecule has 2 N–H and O–H groups in total. The molecule has 1 unspecified atom stereocenters. The number of aliphatic carboxylic acids is 1. The number of alkyl halides is 3. The Kier molecular flexibility index (Phi) is 3.01. The Morgan fingerprint density at radius 3 is 2.53 bits per heavy atom. The number of carboxylic acids is 1. The largest absolute Gasteiger partial charge is 0.479 e. The number of benzene rings is 1. The molecule has 1 aromatic carbocycles. The average Bonchev–Trinajstić information content (AvgIpc) is 2.61. The first-order valence-electron chi connectivity index (χ1n) is 5.23. The number of rotatable bonds is 2. The molecule has 2 rings (SSSR count). The highest BCUT2D eigenvalue weighted by Crippen LogP contribution is 2.36. The second kappa shape index (κ2) is 4.27. The van der Waals surface area contributed by atoms with Crippen molar-refractivity contribution in [1.82, 2.24) is 0 Å². The highest BCUT2D eigenvalue weighted by atomic mass is 19.4. The van der Waals surface area contributed by atoms with E-state index in [0.29, 0.717) is 0 Å². The molecule has 0 aliphatic heterocycles. The van der Waals surface area contributed by atoms with Crippen molar-refractivity contribution in [3.8, 4) is 0 Å². The fourth-order valence-electron chi connectivity index (χ4n) is 1.88. The molecule has 0 spiro atoms. The number of carboxylic acid groups (broad SMARTS) is 1. The highest BCUT2D eigenvalue weighted by Gasteiger charge is 2.32. The van der Waals surface area contributed by atoms with Gasteiger partial charge in [-0.1, -0.05) is 6.07 Å². The van der Waals surface area contributed by atoms with Gasteiger partial charge in [-0.05, 0) is 19.1 Å². The molecule has 0 saturated carbocycles. The van der Waals surface area contributed by atoms with Gasteiger partial charge in [0.2, 0.25) is 0 Å². The molecule has 0 bridgehead atoms. The molecule has 2 aromatic rings. The van der Waals surface area contributed by atoms with Crippen LogP contribution in [-0.4, -0.2) is 16.2 Å². The molecule has 1 heterocycles. The van der Waals surface area contributed by atoms with E-state index in [0.717, 1.165) is 18.2 Å². The van der Waals surface area contributed by atoms with Crippen LogP contribution in [0.2, 0.25) is 0 Å². The molecule has 4 nitrogen and oxygen atoms in total. The van der Waals surface area contributed by atoms with Crippen LogP contribution in [0.15, 0.2) is 22.6 Å². The van der Waals surface area contributed by atoms with Crippen LogP contribution in [0.5, 0.6) is 0 Å². The van der Waals surface area contributed by atoms with E-state index in [9.17, 15) is 23.1 Å². The molecule has 7 heteroatoms. The van der Waals surface area contributed by atoms with E-state index >= 15 is 0 Å². The molecule has 0 amide bonds. The zero-order valence-corrected chi connectivity index (χ0v) is 9.65. The number of halogens is 3. The van der Waals surface area contributed by atoms with Crippen molar-refractivity contribution >= 4 is 16.9 Å². The molecule has 0 aliphatic carbocycles. The van der Waals surface area contributed by atoms with E-state index in [1.807, 2.05) is 0 Å². The van der Waals surface area contributed by atoms with Crippen molar-refractivity contribution in [2.75, 3.05) is 0 Å². The summed E-state index contributed by atoms with van der Waals surface area (Å²) in [6, 6.07) is 2.69. The lowest BCUT2D eigenvalue weighted by molar-refractivity contribution is -0.147. The number of hydrogen-bond donors (Lipinski definition) is 2. The molecular weight excluding hydrogens is 265 g/mol. The van der Waals surface area contributed by atoms with Gasteiger partial charge in [-0.2, -0.15) is 13.2 Å². The van der Waals surface area contributed by atoms with Crippen LogP contribution in [-0.2, 0) is 11.0 Å². The molecule has 1 atom stereocenters. The third kappa shape index (κ3) is 2.28. The third-order valence-corrected chi connectivity index (χ3v) is 2.75. The van der Waals surface area contributed by atoms with E-state index in [1.165, 1.54) is 6.92 Å². The Morgan fingerprint density at radius 1 is 1.37 bits per heavy atom. The van der Waals surface area contributed by atoms with Crippen LogP contribution in [0.1, 0.15) is 23.0 Å². The van der Waals surface area contributed by atoms with E-state index in [-0.39, 0.29) is 22.3 Å². The van der Waals surface area contributed by atoms with E-state index in [4.69, 9.17) is 9.52 Å². The topological polar surface area (TPSA) is 70.7 Å². The fraction of sp³-hybridized carbons (Fsp3) is 0.250. The van der Waals surface area contributed by atoms with Gasteiger partial charge in [0, 0.05) is 10.9 Å². The molecule has 0 saturated heterocycles. The van der Waals surface area contributed by atoms with Gasteiger partial charge in [0.05, 0.1) is 5.56 Å². The van der Waals surface area contributed by atoms with Gasteiger partial charge >= 0.3 is 12.1 Å². The first-order valence-corrected chi connectivity index (χ1v) is 5.23. The zero-order valence-electron chi connectivity index (χ0n) is 9.65. The van der Waals surface area contributed by atoms with Gasteiger partial charge in [0.1, 0.15) is 11.3 Å². The number of carbonyl (C=O) groups is 1. The maximum atomic E-state index is 12.5. The van der Waals surface area contributed by atoms with Crippen LogP contribution in [0.4, 0.5) is 13.2 Å². The SMILES string of the molecule is Cc1oc2cc(C(F)(F)F)ccc2c1C(O)C(=O)O. The smallest absolute Gasteiger partial charge is 0.416 e. The summed E-state index contributed by atoms with van der Waals surface area (Å²) in [5.74, 6) is -1.42. The summed E-state index contributed by atoms with van der Waals surface area (Å²) in [5, 5.41) is 18.4. The Hall–Kier alpha value is -2.02. The normalized spacial score (nSPS) is 13.7. The number of fused-ring (bicyclic) bond motifs is 1. The summed E-state index contributed by atoms with van der Waals surface area (Å²) in [6.07, 6.45) is -6.35. The molecule has 0 aliphatic rings. The van der Waals surface area contributed by atoms with Gasteiger partial charge in [-0.3, -0.25) is 0 Å². The summed E-state index contributed by atoms with van der Waals surface area (Å²) in [6.45, 7) is 1.38. The maximum Gasteiger partial charge on any atom is 0.416 e. The van der Waals surface area contributed by atoms with Crippen molar-refractivity contribution in [1.29, 1.82) is 0 Å². The van der Waals surface area contributed by atoms with Crippen molar-refractivity contribution in [2.45, 2.75) is 19.2 Å². The molecule has 102 valence electrons. The lowest BCUT2D eigenvalue weighted by atomic mass is 10.0. The minimum atomic E-state index is -4.51. The number of aryl methyl sites for hydroxylation is 1. The Labute approximate surface area is 105 Å². The minimum Gasteiger partial charge on any atom is -0.479 e. The summed E-state index contributed by atoms with van der Waals surface area (Å²) in [7, 11) is 0. The first-order chi connectivity index (χ1) is 8.71. The maximum absolute atomic E-state index is 12.5. The average molecular weight is 274 g/mol. The molecular formula is C12H9F3O4. The predicted molar refractivity (Wildman–Crippen MR) is 58.5 cm³/mol. The van der Waals surface area contributed by atoms with Crippen molar-refractivity contribution in [3.63, 3.8) is 0 Å². The van der Waals surface area contributed by atoms with Crippen LogP contribution in [0.3, 0.4) is 0 Å². The van der Waals surface area contributed by atoms with Gasteiger partial charge in [0.15, 0.2) is 6.10 Å². The van der Waals surface area contributed by atoms with Crippen LogP contribution < -0.4 is 0 Å². The van der Waals surface area contributed by atoms with Crippen LogP contribution in [0.25, 0.3) is 11.0 Å². The lowest BCUT2D eigenvalue weighted by Crippen LogP contribution is -2.11. The summed E-state index contributed by atoms with van der Waals surface area (Å²) < 4.78 is 42.7. The second-order valence-corrected chi connectivity index (χ2v) is 4.02. The van der Waals surface area contributed by atoms with Crippen LogP contribution >= 0.6 is 0 Å². The van der Waals surface area contributed by atoms with Crippen molar-refractivity contribution in [3.05, 3.63) is 35.1 Å². The Balaban J connectivity index is 2.64. The number of hydrogen-bond acceptors (Lipinski definition) is 3. The molecule has 0 fully saturated rings. The monoisotopic (exact) mass is 274 g/mol. The first kappa shape index (κ1) is 13.4. The fourth-order valence-corrected chi connectivity index (χ4v) is 1.88. The summed E-state index contributed by atoms with van der Waals surface area (Å²) in [4.78, 5) is 10.7. The Bertz CT molecular complexity index is 642. The highest BCUT2D eigenvalue weighted by molar-refractivity contribution is 5.88. The van der Waals surface area contributed by atoms with E-state index in [1.54, 1.807) is 0 Å². The zero-order chi connectivity index (χ0) is 14.4. The summed E-state index contributed by atoms with van der Waals surface area (Å²) in [5.41, 5.74) is -1.04.